The monoisotopic (exact) mass is 494 g/mol. The summed E-state index contributed by atoms with van der Waals surface area (Å²) in [6.07, 6.45) is 1.90. The summed E-state index contributed by atoms with van der Waals surface area (Å²) in [6, 6.07) is 22.4. The average molecular weight is 495 g/mol. The minimum atomic E-state index is -0.244. The van der Waals surface area contributed by atoms with Crippen LogP contribution in [0.15, 0.2) is 84.1 Å². The van der Waals surface area contributed by atoms with Crippen LogP contribution >= 0.6 is 34.7 Å². The molecule has 0 atom stereocenters. The number of hydrogen-bond donors (Lipinski definition) is 0. The van der Waals surface area contributed by atoms with Crippen LogP contribution in [0, 0.1) is 5.82 Å². The fourth-order valence-electron chi connectivity index (χ4n) is 3.59. The first-order valence-electron chi connectivity index (χ1n) is 10.3. The number of rotatable bonds is 7. The van der Waals surface area contributed by atoms with Crippen molar-refractivity contribution in [1.82, 2.24) is 14.5 Å². The third-order valence-electron chi connectivity index (χ3n) is 5.22. The standard InChI is InChI=1S/C25H20ClFN4S2/c1-30(19-12-8-18(27)9-13-19)15-21-14-28-25(31(21)20-10-6-17(26)7-11-20)32-16-24-29-22-4-2-3-5-23(22)33-24/h2-14H,15-16H2,1H3. The molecule has 0 aliphatic heterocycles. The summed E-state index contributed by atoms with van der Waals surface area (Å²) in [5.74, 6) is 0.490. The third kappa shape index (κ3) is 4.90. The van der Waals surface area contributed by atoms with Gasteiger partial charge in [0.2, 0.25) is 0 Å². The topological polar surface area (TPSA) is 34.0 Å². The van der Waals surface area contributed by atoms with E-state index in [-0.39, 0.29) is 5.82 Å². The molecular formula is C25H20ClFN4S2. The number of fused-ring (bicyclic) bond motifs is 1. The number of nitrogens with zero attached hydrogens (tertiary/aromatic N) is 4. The van der Waals surface area contributed by atoms with Gasteiger partial charge in [0.25, 0.3) is 0 Å². The van der Waals surface area contributed by atoms with Gasteiger partial charge in [-0.3, -0.25) is 4.57 Å². The summed E-state index contributed by atoms with van der Waals surface area (Å²) in [5, 5.41) is 2.64. The second-order valence-electron chi connectivity index (χ2n) is 7.54. The van der Waals surface area contributed by atoms with Crippen LogP contribution in [0.2, 0.25) is 5.02 Å². The number of halogens is 2. The van der Waals surface area contributed by atoms with Crippen molar-refractivity contribution in [2.24, 2.45) is 0 Å². The molecule has 0 aliphatic rings. The molecular weight excluding hydrogens is 475 g/mol. The van der Waals surface area contributed by atoms with E-state index in [4.69, 9.17) is 21.6 Å². The van der Waals surface area contributed by atoms with Gasteiger partial charge >= 0.3 is 0 Å². The summed E-state index contributed by atoms with van der Waals surface area (Å²) in [5.41, 5.74) is 3.98. The number of para-hydroxylation sites is 1. The Balaban J connectivity index is 1.43. The van der Waals surface area contributed by atoms with Crippen LogP contribution in [-0.4, -0.2) is 21.6 Å². The molecule has 8 heteroatoms. The van der Waals surface area contributed by atoms with Crippen LogP contribution in [0.5, 0.6) is 0 Å². The van der Waals surface area contributed by atoms with Crippen molar-refractivity contribution in [3.05, 3.63) is 101 Å². The quantitative estimate of drug-likeness (QED) is 0.224. The minimum Gasteiger partial charge on any atom is -0.369 e. The Morgan fingerprint density at radius 3 is 2.55 bits per heavy atom. The Hall–Kier alpha value is -2.87. The number of anilines is 1. The fourth-order valence-corrected chi connectivity index (χ4v) is 5.68. The van der Waals surface area contributed by atoms with Gasteiger partial charge < -0.3 is 4.90 Å². The van der Waals surface area contributed by atoms with E-state index >= 15 is 0 Å². The molecule has 3 aromatic carbocycles. The summed E-state index contributed by atoms with van der Waals surface area (Å²) in [4.78, 5) is 11.6. The number of thioether (sulfide) groups is 1. The first-order valence-corrected chi connectivity index (χ1v) is 12.5. The van der Waals surface area contributed by atoms with E-state index in [1.54, 1.807) is 35.2 Å². The highest BCUT2D eigenvalue weighted by Gasteiger charge is 2.16. The molecule has 0 aliphatic carbocycles. The predicted molar refractivity (Wildman–Crippen MR) is 136 cm³/mol. The summed E-state index contributed by atoms with van der Waals surface area (Å²) < 4.78 is 16.7. The van der Waals surface area contributed by atoms with E-state index in [0.29, 0.717) is 11.6 Å². The SMILES string of the molecule is CN(Cc1cnc(SCc2nc3ccccc3s2)n1-c1ccc(Cl)cc1)c1ccc(F)cc1. The third-order valence-corrected chi connectivity index (χ3v) is 7.65. The molecule has 0 bridgehead atoms. The fraction of sp³-hybridized carbons (Fsp3) is 0.120. The normalized spacial score (nSPS) is 11.2. The van der Waals surface area contributed by atoms with Gasteiger partial charge in [-0.25, -0.2) is 14.4 Å². The van der Waals surface area contributed by atoms with Gasteiger partial charge in [-0.15, -0.1) is 11.3 Å². The lowest BCUT2D eigenvalue weighted by molar-refractivity contribution is 0.627. The van der Waals surface area contributed by atoms with Gasteiger partial charge in [0.05, 0.1) is 34.4 Å². The van der Waals surface area contributed by atoms with E-state index in [9.17, 15) is 4.39 Å². The summed E-state index contributed by atoms with van der Waals surface area (Å²) >= 11 is 9.50. The number of aromatic nitrogens is 3. The average Bonchev–Trinajstić information content (AvgIpc) is 3.42. The molecule has 4 nitrogen and oxygen atoms in total. The van der Waals surface area contributed by atoms with Gasteiger partial charge in [-0.1, -0.05) is 35.5 Å². The lowest BCUT2D eigenvalue weighted by Crippen LogP contribution is -2.18. The minimum absolute atomic E-state index is 0.244. The van der Waals surface area contributed by atoms with Gasteiger partial charge in [0.15, 0.2) is 5.16 Å². The van der Waals surface area contributed by atoms with E-state index < -0.39 is 0 Å². The zero-order valence-electron chi connectivity index (χ0n) is 17.8. The van der Waals surface area contributed by atoms with Crippen molar-refractivity contribution in [2.75, 3.05) is 11.9 Å². The van der Waals surface area contributed by atoms with Crippen LogP contribution in [-0.2, 0) is 12.3 Å². The molecule has 2 heterocycles. The first-order chi connectivity index (χ1) is 16.1. The zero-order chi connectivity index (χ0) is 22.8. The maximum Gasteiger partial charge on any atom is 0.173 e. The van der Waals surface area contributed by atoms with Crippen LogP contribution in [0.4, 0.5) is 10.1 Å². The molecule has 0 radical (unpaired) electrons. The second-order valence-corrected chi connectivity index (χ2v) is 10.0. The Bertz CT molecular complexity index is 1350. The predicted octanol–water partition coefficient (Wildman–Crippen LogP) is 7.20. The zero-order valence-corrected chi connectivity index (χ0v) is 20.2. The van der Waals surface area contributed by atoms with Crippen molar-refractivity contribution in [3.63, 3.8) is 0 Å². The van der Waals surface area contributed by atoms with Crippen LogP contribution in [0.25, 0.3) is 15.9 Å². The van der Waals surface area contributed by atoms with Gasteiger partial charge in [0.1, 0.15) is 10.8 Å². The molecule has 2 aromatic heterocycles. The highest BCUT2D eigenvalue weighted by molar-refractivity contribution is 7.98. The van der Waals surface area contributed by atoms with E-state index in [1.807, 2.05) is 55.7 Å². The van der Waals surface area contributed by atoms with Crippen molar-refractivity contribution in [3.8, 4) is 5.69 Å². The smallest absolute Gasteiger partial charge is 0.173 e. The Labute approximate surface area is 204 Å². The molecule has 166 valence electrons. The molecule has 0 amide bonds. The number of thiazole rings is 1. The highest BCUT2D eigenvalue weighted by atomic mass is 35.5. The molecule has 0 unspecified atom stereocenters. The molecule has 5 rings (SSSR count). The van der Waals surface area contributed by atoms with Crippen LogP contribution in [0.3, 0.4) is 0 Å². The van der Waals surface area contributed by atoms with Crippen LogP contribution in [0.1, 0.15) is 10.7 Å². The molecule has 0 saturated carbocycles. The van der Waals surface area contributed by atoms with Gasteiger partial charge in [-0.05, 0) is 60.7 Å². The van der Waals surface area contributed by atoms with Crippen molar-refractivity contribution in [1.29, 1.82) is 0 Å². The molecule has 33 heavy (non-hydrogen) atoms. The maximum atomic E-state index is 13.3. The van der Waals surface area contributed by atoms with Crippen molar-refractivity contribution < 1.29 is 4.39 Å². The molecule has 5 aromatic rings. The van der Waals surface area contributed by atoms with Crippen molar-refractivity contribution >= 4 is 50.6 Å². The maximum absolute atomic E-state index is 13.3. The Morgan fingerprint density at radius 1 is 1.03 bits per heavy atom. The second kappa shape index (κ2) is 9.55. The summed E-state index contributed by atoms with van der Waals surface area (Å²) in [6.45, 7) is 0.614. The van der Waals surface area contributed by atoms with Crippen LogP contribution < -0.4 is 4.90 Å². The molecule has 0 N–H and O–H groups in total. The summed E-state index contributed by atoms with van der Waals surface area (Å²) in [7, 11) is 1.99. The van der Waals surface area contributed by atoms with Crippen molar-refractivity contribution in [2.45, 2.75) is 17.5 Å². The number of imidazole rings is 1. The van der Waals surface area contributed by atoms with E-state index in [2.05, 4.69) is 15.5 Å². The lowest BCUT2D eigenvalue weighted by Gasteiger charge is -2.21. The Morgan fingerprint density at radius 2 is 1.79 bits per heavy atom. The first kappa shape index (κ1) is 21.9. The highest BCUT2D eigenvalue weighted by Crippen LogP contribution is 2.31. The van der Waals surface area contributed by atoms with Gasteiger partial charge in [-0.2, -0.15) is 0 Å². The van der Waals surface area contributed by atoms with E-state index in [0.717, 1.165) is 38.5 Å². The van der Waals surface area contributed by atoms with Gasteiger partial charge in [0, 0.05) is 23.4 Å². The number of benzene rings is 3. The molecule has 0 saturated heterocycles. The largest absolute Gasteiger partial charge is 0.369 e. The Kier molecular flexibility index (Phi) is 6.35. The molecule has 0 fully saturated rings. The van der Waals surface area contributed by atoms with E-state index in [1.165, 1.54) is 16.8 Å². The number of hydrogen-bond acceptors (Lipinski definition) is 5. The lowest BCUT2D eigenvalue weighted by atomic mass is 10.2. The molecule has 0 spiro atoms.